The average molecular weight is 265 g/mol. The van der Waals surface area contributed by atoms with Gasteiger partial charge in [-0.3, -0.25) is 0 Å². The van der Waals surface area contributed by atoms with Gasteiger partial charge in [0.25, 0.3) is 0 Å². The van der Waals surface area contributed by atoms with Gasteiger partial charge in [-0.05, 0) is 0 Å². The van der Waals surface area contributed by atoms with Crippen LogP contribution < -0.4 is 0 Å². The minimum Gasteiger partial charge on any atom is -0.439 e. The van der Waals surface area contributed by atoms with E-state index in [9.17, 15) is 0 Å². The molecule has 3 nitrogen and oxygen atoms in total. The summed E-state index contributed by atoms with van der Waals surface area (Å²) in [7, 11) is -2.86. The van der Waals surface area contributed by atoms with Crippen molar-refractivity contribution in [3.05, 3.63) is 0 Å². The third kappa shape index (κ3) is 86.7. The molecule has 5 heteroatoms. The Hall–Kier alpha value is 0.598. The maximum Gasteiger partial charge on any atom is 0.0495 e. The Morgan fingerprint density at radius 2 is 1.40 bits per heavy atom. The van der Waals surface area contributed by atoms with Crippen molar-refractivity contribution in [3.63, 3.8) is 0 Å². The van der Waals surface area contributed by atoms with Crippen LogP contribution in [0.2, 0.25) is 0 Å². The fraction of sp³-hybridized carbons (Fsp3) is 0. The van der Waals surface area contributed by atoms with Crippen molar-refractivity contribution in [2.75, 3.05) is 0 Å². The van der Waals surface area contributed by atoms with E-state index in [0.29, 0.717) is 0 Å². The first-order chi connectivity index (χ1) is 1.73. The van der Waals surface area contributed by atoms with Crippen LogP contribution in [0, 0.1) is 0 Å². The number of rotatable bonds is 0. The number of hydrogen-bond donors (Lipinski definition) is 1. The van der Waals surface area contributed by atoms with Crippen LogP contribution in [0.5, 0.6) is 0 Å². The van der Waals surface area contributed by atoms with E-state index in [2.05, 4.69) is 0 Å². The molecule has 0 unspecified atom stereocenters. The van der Waals surface area contributed by atoms with E-state index < -0.39 is 11.0 Å². The van der Waals surface area contributed by atoms with Gasteiger partial charge >= 0.3 is 0 Å². The first kappa shape index (κ1) is 9.14. The third-order valence-corrected chi connectivity index (χ3v) is 0. The van der Waals surface area contributed by atoms with E-state index >= 15 is 0 Å². The average Bonchev–Trinajstić information content (AvgIpc) is 0.811. The Morgan fingerprint density at radius 3 is 1.40 bits per heavy atom. The molecular weight excluding hydrogens is 264 g/mol. The molecule has 0 bridgehead atoms. The second kappa shape index (κ2) is 4.60. The van der Waals surface area contributed by atoms with Crippen molar-refractivity contribution in [1.82, 2.24) is 0 Å². The molecule has 32 valence electrons. The Labute approximate surface area is 45.4 Å². The van der Waals surface area contributed by atoms with Gasteiger partial charge in [0.05, 0.1) is 0 Å². The molecule has 0 aromatic carbocycles. The van der Waals surface area contributed by atoms with Crippen LogP contribution in [-0.4, -0.2) is 4.55 Å². The summed E-state index contributed by atoms with van der Waals surface area (Å²) < 4.78 is 24.1. The maximum atomic E-state index is 8.56. The van der Waals surface area contributed by atoms with Gasteiger partial charge in [0.2, 0.25) is 0 Å². The van der Waals surface area contributed by atoms with E-state index in [1.807, 2.05) is 0 Å². The summed E-state index contributed by atoms with van der Waals surface area (Å²) in [6.07, 6.45) is 0. The zero-order valence-corrected chi connectivity index (χ0v) is 5.83. The quantitative estimate of drug-likeness (QED) is 0.374. The molecule has 0 spiro atoms. The SMILES string of the molecule is O=[S-](=O)O.[W]. The van der Waals surface area contributed by atoms with E-state index in [4.69, 9.17) is 13.0 Å². The second-order valence-corrected chi connectivity index (χ2v) is 0.651. The van der Waals surface area contributed by atoms with E-state index in [1.54, 1.807) is 0 Å². The molecule has 5 heavy (non-hydrogen) atoms. The van der Waals surface area contributed by atoms with Crippen LogP contribution in [0.15, 0.2) is 0 Å². The summed E-state index contributed by atoms with van der Waals surface area (Å²) in [4.78, 5) is 0. The zero-order chi connectivity index (χ0) is 3.58. The fourth-order valence-corrected chi connectivity index (χ4v) is 0. The molecule has 0 saturated carbocycles. The van der Waals surface area contributed by atoms with Crippen LogP contribution in [0.1, 0.15) is 0 Å². The van der Waals surface area contributed by atoms with Crippen molar-refractivity contribution >= 4 is 11.0 Å². The smallest absolute Gasteiger partial charge is 0.0495 e. The number of hydrogen-bond acceptors (Lipinski definition) is 3. The normalized spacial score (nSPS) is 6.80. The van der Waals surface area contributed by atoms with Crippen LogP contribution in [0.3, 0.4) is 0 Å². The topological polar surface area (TPSA) is 54.4 Å². The molecule has 0 aliphatic rings. The first-order valence-corrected chi connectivity index (χ1v) is 1.55. The van der Waals surface area contributed by atoms with Crippen molar-refractivity contribution in [2.24, 2.45) is 0 Å². The van der Waals surface area contributed by atoms with Gasteiger partial charge in [0.1, 0.15) is 0 Å². The molecule has 0 fully saturated rings. The van der Waals surface area contributed by atoms with E-state index in [-0.39, 0.29) is 21.1 Å². The monoisotopic (exact) mass is 265 g/mol. The molecular formula is HO3SW-. The summed E-state index contributed by atoms with van der Waals surface area (Å²) in [6.45, 7) is 0. The summed E-state index contributed by atoms with van der Waals surface area (Å²) >= 11 is 0. The standard InChI is InChI=1S/HO3S.W/c1-4(2)3;/h(H,1,2,3);/q-1;. The van der Waals surface area contributed by atoms with Crippen LogP contribution >= 0.6 is 0 Å². The molecule has 0 aliphatic heterocycles. The molecule has 0 atom stereocenters. The summed E-state index contributed by atoms with van der Waals surface area (Å²) in [5.41, 5.74) is 0. The summed E-state index contributed by atoms with van der Waals surface area (Å²) in [5, 5.41) is 0. The third-order valence-electron chi connectivity index (χ3n) is 0. The first-order valence-electron chi connectivity index (χ1n) is 0.516. The van der Waals surface area contributed by atoms with Crippen molar-refractivity contribution in [1.29, 1.82) is 0 Å². The van der Waals surface area contributed by atoms with Crippen molar-refractivity contribution < 1.29 is 34.0 Å². The molecule has 1 N–H and O–H groups in total. The van der Waals surface area contributed by atoms with Gasteiger partial charge in [0, 0.05) is 32.1 Å². The Morgan fingerprint density at radius 1 is 1.40 bits per heavy atom. The maximum absolute atomic E-state index is 8.56. The molecule has 0 aliphatic carbocycles. The van der Waals surface area contributed by atoms with Crippen molar-refractivity contribution in [2.45, 2.75) is 0 Å². The van der Waals surface area contributed by atoms with Gasteiger partial charge < -0.3 is 13.0 Å². The van der Waals surface area contributed by atoms with Gasteiger partial charge in [-0.1, -0.05) is 0 Å². The Bertz CT molecular complexity index is 55.3. The largest absolute Gasteiger partial charge is 0.439 e. The predicted molar refractivity (Wildman–Crippen MR) is 11.4 cm³/mol. The molecule has 0 amide bonds. The fourth-order valence-electron chi connectivity index (χ4n) is 0. The minimum absolute atomic E-state index is 0. The molecule has 0 saturated heterocycles. The summed E-state index contributed by atoms with van der Waals surface area (Å²) in [6, 6.07) is 0. The van der Waals surface area contributed by atoms with Crippen LogP contribution in [-0.2, 0) is 40.5 Å². The Kier molecular flexibility index (Phi) is 8.41. The zero-order valence-electron chi connectivity index (χ0n) is 2.08. The minimum atomic E-state index is -2.86. The Balaban J connectivity index is 0. The molecule has 0 heterocycles. The van der Waals surface area contributed by atoms with Gasteiger partial charge in [-0.2, -0.15) is 0 Å². The summed E-state index contributed by atoms with van der Waals surface area (Å²) in [5.74, 6) is 0. The second-order valence-electron chi connectivity index (χ2n) is 0.217. The van der Waals surface area contributed by atoms with Gasteiger partial charge in [0.15, 0.2) is 0 Å². The molecule has 0 aromatic rings. The van der Waals surface area contributed by atoms with Gasteiger partial charge in [-0.25, -0.2) is 0 Å². The van der Waals surface area contributed by atoms with E-state index in [0.717, 1.165) is 0 Å². The molecule has 0 radical (unpaired) electrons. The van der Waals surface area contributed by atoms with Gasteiger partial charge in [-0.15, -0.1) is 0 Å². The van der Waals surface area contributed by atoms with E-state index in [1.165, 1.54) is 0 Å². The van der Waals surface area contributed by atoms with Crippen LogP contribution in [0.4, 0.5) is 0 Å². The molecule has 0 aromatic heterocycles. The molecule has 0 rings (SSSR count). The predicted octanol–water partition coefficient (Wildman–Crippen LogP) is -0.234. The van der Waals surface area contributed by atoms with Crippen molar-refractivity contribution in [3.8, 4) is 0 Å². The van der Waals surface area contributed by atoms with Crippen LogP contribution in [0.25, 0.3) is 0 Å².